The minimum Gasteiger partial charge on any atom is -0.497 e. The lowest BCUT2D eigenvalue weighted by atomic mass is 9.99. The molecule has 0 spiro atoms. The van der Waals surface area contributed by atoms with Gasteiger partial charge < -0.3 is 25.0 Å². The van der Waals surface area contributed by atoms with Crippen molar-refractivity contribution in [3.05, 3.63) is 42.0 Å². The first-order chi connectivity index (χ1) is 12.2. The van der Waals surface area contributed by atoms with Gasteiger partial charge in [-0.25, -0.2) is 4.79 Å². The number of amides is 1. The van der Waals surface area contributed by atoms with Gasteiger partial charge in [-0.3, -0.25) is 0 Å². The van der Waals surface area contributed by atoms with Crippen molar-refractivity contribution >= 4 is 16.9 Å². The van der Waals surface area contributed by atoms with E-state index in [1.165, 1.54) is 0 Å². The molecule has 26 heavy (non-hydrogen) atoms. The maximum absolute atomic E-state index is 11.6. The molecule has 0 saturated carbocycles. The van der Waals surface area contributed by atoms with Crippen LogP contribution in [0.25, 0.3) is 10.8 Å². The lowest BCUT2D eigenvalue weighted by Crippen LogP contribution is -2.34. The smallest absolute Gasteiger partial charge is 0.407 e. The van der Waals surface area contributed by atoms with E-state index in [1.54, 1.807) is 33.9 Å². The minimum absolute atomic E-state index is 0.206. The van der Waals surface area contributed by atoms with E-state index in [-0.39, 0.29) is 13.0 Å². The Kier molecular flexibility index (Phi) is 6.45. The zero-order valence-corrected chi connectivity index (χ0v) is 15.7. The predicted octanol–water partition coefficient (Wildman–Crippen LogP) is 3.16. The van der Waals surface area contributed by atoms with Crippen LogP contribution in [0.5, 0.6) is 5.75 Å². The van der Waals surface area contributed by atoms with Gasteiger partial charge in [-0.15, -0.1) is 0 Å². The van der Waals surface area contributed by atoms with Crippen LogP contribution >= 0.6 is 0 Å². The summed E-state index contributed by atoms with van der Waals surface area (Å²) in [6.07, 6.45) is -2.37. The summed E-state index contributed by atoms with van der Waals surface area (Å²) < 4.78 is 10.3. The van der Waals surface area contributed by atoms with Gasteiger partial charge in [0.05, 0.1) is 13.2 Å². The SMILES string of the molecule is COc1ccc2cc(C(O)C(O)CCNC(=O)OC(C)(C)C)ccc2c1. The van der Waals surface area contributed by atoms with E-state index < -0.39 is 23.9 Å². The van der Waals surface area contributed by atoms with Gasteiger partial charge >= 0.3 is 6.09 Å². The van der Waals surface area contributed by atoms with Crippen molar-refractivity contribution in [3.8, 4) is 5.75 Å². The van der Waals surface area contributed by atoms with Crippen molar-refractivity contribution in [2.24, 2.45) is 0 Å². The Labute approximate surface area is 153 Å². The number of aliphatic hydroxyl groups is 2. The van der Waals surface area contributed by atoms with Crippen molar-refractivity contribution < 1.29 is 24.5 Å². The van der Waals surface area contributed by atoms with Gasteiger partial charge in [0.15, 0.2) is 0 Å². The number of aliphatic hydroxyl groups excluding tert-OH is 2. The molecule has 2 aromatic carbocycles. The fraction of sp³-hybridized carbons (Fsp3) is 0.450. The van der Waals surface area contributed by atoms with Gasteiger partial charge in [0.2, 0.25) is 0 Å². The molecule has 0 aliphatic rings. The average molecular weight is 361 g/mol. The highest BCUT2D eigenvalue weighted by molar-refractivity contribution is 5.84. The van der Waals surface area contributed by atoms with E-state index in [0.29, 0.717) is 5.56 Å². The average Bonchev–Trinajstić information content (AvgIpc) is 2.58. The second kappa shape index (κ2) is 8.38. The summed E-state index contributed by atoms with van der Waals surface area (Å²) in [5, 5.41) is 25.1. The van der Waals surface area contributed by atoms with Crippen molar-refractivity contribution in [2.45, 2.75) is 45.0 Å². The number of nitrogens with one attached hydrogen (secondary N) is 1. The first-order valence-electron chi connectivity index (χ1n) is 8.60. The molecule has 1 amide bonds. The van der Waals surface area contributed by atoms with Crippen LogP contribution in [0.3, 0.4) is 0 Å². The van der Waals surface area contributed by atoms with Crippen molar-refractivity contribution in [1.29, 1.82) is 0 Å². The van der Waals surface area contributed by atoms with Crippen LogP contribution < -0.4 is 10.1 Å². The second-order valence-corrected chi connectivity index (χ2v) is 7.20. The zero-order valence-electron chi connectivity index (χ0n) is 15.7. The summed E-state index contributed by atoms with van der Waals surface area (Å²) in [5.74, 6) is 0.763. The second-order valence-electron chi connectivity index (χ2n) is 7.20. The van der Waals surface area contributed by atoms with Crippen LogP contribution in [0.15, 0.2) is 36.4 Å². The number of hydrogen-bond acceptors (Lipinski definition) is 5. The van der Waals surface area contributed by atoms with Crippen LogP contribution in [0.1, 0.15) is 38.9 Å². The molecule has 142 valence electrons. The van der Waals surface area contributed by atoms with Crippen molar-refractivity contribution in [3.63, 3.8) is 0 Å². The molecule has 0 aliphatic carbocycles. The molecule has 2 rings (SSSR count). The zero-order chi connectivity index (χ0) is 19.3. The number of carbonyl (C=O) groups is 1. The Balaban J connectivity index is 1.94. The molecule has 2 unspecified atom stereocenters. The van der Waals surface area contributed by atoms with Crippen LogP contribution in [-0.2, 0) is 4.74 Å². The summed E-state index contributed by atoms with van der Waals surface area (Å²) in [5.41, 5.74) is 0.0446. The normalized spacial score (nSPS) is 13.9. The topological polar surface area (TPSA) is 88.0 Å². The third-order valence-electron chi connectivity index (χ3n) is 3.89. The third kappa shape index (κ3) is 5.61. The maximum atomic E-state index is 11.6. The third-order valence-corrected chi connectivity index (χ3v) is 3.89. The largest absolute Gasteiger partial charge is 0.497 e. The van der Waals surface area contributed by atoms with Crippen LogP contribution in [0, 0.1) is 0 Å². The fourth-order valence-electron chi connectivity index (χ4n) is 2.57. The maximum Gasteiger partial charge on any atom is 0.407 e. The Morgan fingerprint density at radius 2 is 1.77 bits per heavy atom. The van der Waals surface area contributed by atoms with Gasteiger partial charge in [-0.1, -0.05) is 18.2 Å². The Hall–Kier alpha value is -2.31. The predicted molar refractivity (Wildman–Crippen MR) is 100 cm³/mol. The van der Waals surface area contributed by atoms with E-state index in [0.717, 1.165) is 16.5 Å². The monoisotopic (exact) mass is 361 g/mol. The molecular formula is C20H27NO5. The lowest BCUT2D eigenvalue weighted by Gasteiger charge is -2.21. The molecule has 6 nitrogen and oxygen atoms in total. The summed E-state index contributed by atoms with van der Waals surface area (Å²) in [6.45, 7) is 5.54. The summed E-state index contributed by atoms with van der Waals surface area (Å²) in [6, 6.07) is 11.1. The highest BCUT2D eigenvalue weighted by Crippen LogP contribution is 2.26. The Morgan fingerprint density at radius 1 is 1.12 bits per heavy atom. The van der Waals surface area contributed by atoms with E-state index in [2.05, 4.69) is 5.32 Å². The van der Waals surface area contributed by atoms with Gasteiger partial charge in [-0.2, -0.15) is 0 Å². The molecule has 0 aliphatic heterocycles. The first-order valence-corrected chi connectivity index (χ1v) is 8.60. The van der Waals surface area contributed by atoms with E-state index in [9.17, 15) is 15.0 Å². The lowest BCUT2D eigenvalue weighted by molar-refractivity contribution is 0.0124. The number of hydrogen-bond donors (Lipinski definition) is 3. The molecule has 0 radical (unpaired) electrons. The van der Waals surface area contributed by atoms with Crippen LogP contribution in [-0.4, -0.2) is 41.7 Å². The summed E-state index contributed by atoms with van der Waals surface area (Å²) in [7, 11) is 1.61. The molecule has 0 heterocycles. The number of benzene rings is 2. The van der Waals surface area contributed by atoms with Gasteiger partial charge in [-0.05, 0) is 61.7 Å². The molecular weight excluding hydrogens is 334 g/mol. The highest BCUT2D eigenvalue weighted by atomic mass is 16.6. The molecule has 6 heteroatoms. The Morgan fingerprint density at radius 3 is 2.42 bits per heavy atom. The Bertz CT molecular complexity index is 753. The first kappa shape index (κ1) is 20.0. The van der Waals surface area contributed by atoms with Gasteiger partial charge in [0, 0.05) is 6.54 Å². The highest BCUT2D eigenvalue weighted by Gasteiger charge is 2.20. The van der Waals surface area contributed by atoms with Crippen LogP contribution in [0.4, 0.5) is 4.79 Å². The van der Waals surface area contributed by atoms with E-state index in [1.807, 2.05) is 30.3 Å². The number of alkyl carbamates (subject to hydrolysis) is 1. The summed E-state index contributed by atoms with van der Waals surface area (Å²) >= 11 is 0. The van der Waals surface area contributed by atoms with Gasteiger partial charge in [0.1, 0.15) is 17.5 Å². The molecule has 0 bridgehead atoms. The number of carbonyl (C=O) groups excluding carboxylic acids is 1. The molecule has 3 N–H and O–H groups in total. The standard InChI is InChI=1S/C20H27NO5/c1-20(2,3)26-19(24)21-10-9-17(22)18(23)15-6-5-14-12-16(25-4)8-7-13(14)11-15/h5-8,11-12,17-18,22-23H,9-10H2,1-4H3,(H,21,24). The minimum atomic E-state index is -1.04. The van der Waals surface area contributed by atoms with Crippen molar-refractivity contribution in [1.82, 2.24) is 5.32 Å². The summed E-state index contributed by atoms with van der Waals surface area (Å²) in [4.78, 5) is 11.6. The fourth-order valence-corrected chi connectivity index (χ4v) is 2.57. The van der Waals surface area contributed by atoms with Gasteiger partial charge in [0.25, 0.3) is 0 Å². The number of fused-ring (bicyclic) bond motifs is 1. The quantitative estimate of drug-likeness (QED) is 0.736. The molecule has 0 saturated heterocycles. The number of methoxy groups -OCH3 is 1. The molecule has 2 aromatic rings. The van der Waals surface area contributed by atoms with Crippen LogP contribution in [0.2, 0.25) is 0 Å². The molecule has 0 aromatic heterocycles. The van der Waals surface area contributed by atoms with E-state index in [4.69, 9.17) is 9.47 Å². The number of ether oxygens (including phenoxy) is 2. The number of rotatable bonds is 6. The molecule has 0 fully saturated rings. The van der Waals surface area contributed by atoms with E-state index >= 15 is 0 Å². The molecule has 2 atom stereocenters. The van der Waals surface area contributed by atoms with Crippen molar-refractivity contribution in [2.75, 3.05) is 13.7 Å².